The van der Waals surface area contributed by atoms with Gasteiger partial charge < -0.3 is 14.8 Å². The number of nitrogens with one attached hydrogen (secondary N) is 1. The minimum atomic E-state index is -0.949. The fraction of sp³-hybridized carbons (Fsp3) is 0.500. The fourth-order valence-corrected chi connectivity index (χ4v) is 1.79. The quantitative estimate of drug-likeness (QED) is 0.637. The fourth-order valence-electron chi connectivity index (χ4n) is 1.79. The van der Waals surface area contributed by atoms with Crippen LogP contribution >= 0.6 is 0 Å². The monoisotopic (exact) mass is 322 g/mol. The van der Waals surface area contributed by atoms with Crippen molar-refractivity contribution in [3.05, 3.63) is 30.1 Å². The van der Waals surface area contributed by atoms with Crippen LogP contribution in [0.15, 0.2) is 24.5 Å². The summed E-state index contributed by atoms with van der Waals surface area (Å²) < 4.78 is 9.75. The summed E-state index contributed by atoms with van der Waals surface area (Å²) in [6.07, 6.45) is 2.47. The Morgan fingerprint density at radius 1 is 1.30 bits per heavy atom. The molecule has 1 rings (SSSR count). The summed E-state index contributed by atoms with van der Waals surface area (Å²) in [4.78, 5) is 39.4. The highest BCUT2D eigenvalue weighted by Crippen LogP contribution is 2.10. The second-order valence-electron chi connectivity index (χ2n) is 5.93. The third-order valence-corrected chi connectivity index (χ3v) is 2.82. The molecule has 0 aromatic carbocycles. The van der Waals surface area contributed by atoms with Crippen LogP contribution < -0.4 is 5.32 Å². The molecule has 1 atom stereocenters. The smallest absolute Gasteiger partial charge is 0.408 e. The van der Waals surface area contributed by atoms with E-state index in [0.29, 0.717) is 5.56 Å². The number of ketones is 1. The highest BCUT2D eigenvalue weighted by molar-refractivity contribution is 5.96. The molecular formula is C16H22N2O5. The van der Waals surface area contributed by atoms with Crippen molar-refractivity contribution in [1.82, 2.24) is 10.3 Å². The summed E-state index contributed by atoms with van der Waals surface area (Å²) in [5.74, 6) is -0.798. The molecule has 0 spiro atoms. The maximum Gasteiger partial charge on any atom is 0.408 e. The van der Waals surface area contributed by atoms with Crippen LogP contribution in [0.5, 0.6) is 0 Å². The van der Waals surface area contributed by atoms with E-state index in [2.05, 4.69) is 15.0 Å². The van der Waals surface area contributed by atoms with Crippen LogP contribution in [0.4, 0.5) is 4.79 Å². The third kappa shape index (κ3) is 6.90. The number of Topliss-reactive ketones (excluding diaryl/α,β-unsaturated/α-hetero) is 1. The second-order valence-corrected chi connectivity index (χ2v) is 5.93. The van der Waals surface area contributed by atoms with Crippen molar-refractivity contribution in [2.45, 2.75) is 45.3 Å². The van der Waals surface area contributed by atoms with E-state index in [4.69, 9.17) is 4.74 Å². The number of ether oxygens (including phenoxy) is 2. The van der Waals surface area contributed by atoms with E-state index >= 15 is 0 Å². The molecule has 1 heterocycles. The molecule has 1 amide bonds. The molecule has 0 aliphatic rings. The van der Waals surface area contributed by atoms with Gasteiger partial charge in [-0.2, -0.15) is 0 Å². The highest BCUT2D eigenvalue weighted by Gasteiger charge is 2.25. The highest BCUT2D eigenvalue weighted by atomic mass is 16.6. The molecule has 0 radical (unpaired) electrons. The van der Waals surface area contributed by atoms with Gasteiger partial charge in [-0.1, -0.05) is 0 Å². The number of hydrogen-bond acceptors (Lipinski definition) is 6. The first-order valence-corrected chi connectivity index (χ1v) is 7.23. The van der Waals surface area contributed by atoms with E-state index in [1.165, 1.54) is 13.3 Å². The predicted octanol–water partition coefficient (Wildman–Crippen LogP) is 2.11. The molecule has 1 N–H and O–H groups in total. The zero-order valence-electron chi connectivity index (χ0n) is 13.8. The Kier molecular flexibility index (Phi) is 6.68. The molecule has 7 nitrogen and oxygen atoms in total. The Labute approximate surface area is 135 Å². The second kappa shape index (κ2) is 8.26. The maximum absolute atomic E-state index is 12.0. The van der Waals surface area contributed by atoms with Crippen molar-refractivity contribution in [2.75, 3.05) is 7.11 Å². The molecule has 1 aromatic rings. The van der Waals surface area contributed by atoms with Gasteiger partial charge in [0, 0.05) is 24.4 Å². The number of hydrogen-bond donors (Lipinski definition) is 1. The van der Waals surface area contributed by atoms with Gasteiger partial charge in [-0.15, -0.1) is 0 Å². The van der Waals surface area contributed by atoms with Gasteiger partial charge in [-0.05, 0) is 39.3 Å². The Morgan fingerprint density at radius 3 is 2.52 bits per heavy atom. The van der Waals surface area contributed by atoms with Gasteiger partial charge in [-0.25, -0.2) is 9.59 Å². The largest absolute Gasteiger partial charge is 0.467 e. The van der Waals surface area contributed by atoms with Crippen molar-refractivity contribution in [2.24, 2.45) is 0 Å². The Balaban J connectivity index is 2.63. The molecule has 0 aliphatic heterocycles. The number of carbonyl (C=O) groups excluding carboxylic acids is 3. The number of nitrogens with zero attached hydrogens (tertiary/aromatic N) is 1. The number of aromatic nitrogens is 1. The number of methoxy groups -OCH3 is 1. The van der Waals surface area contributed by atoms with Crippen LogP contribution in [0.2, 0.25) is 0 Å². The minimum absolute atomic E-state index is 0.0707. The summed E-state index contributed by atoms with van der Waals surface area (Å²) in [5, 5.41) is 2.43. The van der Waals surface area contributed by atoms with E-state index in [1.54, 1.807) is 39.1 Å². The summed E-state index contributed by atoms with van der Waals surface area (Å²) >= 11 is 0. The van der Waals surface area contributed by atoms with Gasteiger partial charge >= 0.3 is 12.1 Å². The normalized spacial score (nSPS) is 12.2. The lowest BCUT2D eigenvalue weighted by Gasteiger charge is -2.22. The number of amides is 1. The van der Waals surface area contributed by atoms with Crippen molar-refractivity contribution in [3.8, 4) is 0 Å². The Bertz CT molecular complexity index is 551. The van der Waals surface area contributed by atoms with Gasteiger partial charge in [0.05, 0.1) is 7.11 Å². The van der Waals surface area contributed by atoms with Crippen LogP contribution in [-0.2, 0) is 14.3 Å². The zero-order valence-corrected chi connectivity index (χ0v) is 13.8. The van der Waals surface area contributed by atoms with E-state index < -0.39 is 23.7 Å². The molecule has 1 aromatic heterocycles. The number of esters is 1. The Morgan fingerprint density at radius 2 is 2.00 bits per heavy atom. The zero-order chi connectivity index (χ0) is 17.5. The SMILES string of the molecule is COC(=O)[C@@H](CCC(=O)c1cccnc1)NC(=O)OC(C)(C)C. The van der Waals surface area contributed by atoms with E-state index in [-0.39, 0.29) is 18.6 Å². The van der Waals surface area contributed by atoms with Gasteiger partial charge in [0.25, 0.3) is 0 Å². The molecule has 0 unspecified atom stereocenters. The van der Waals surface area contributed by atoms with Crippen LogP contribution in [0, 0.1) is 0 Å². The van der Waals surface area contributed by atoms with Crippen LogP contribution in [0.25, 0.3) is 0 Å². The van der Waals surface area contributed by atoms with Crippen molar-refractivity contribution in [3.63, 3.8) is 0 Å². The topological polar surface area (TPSA) is 94.6 Å². The lowest BCUT2D eigenvalue weighted by Crippen LogP contribution is -2.44. The number of pyridine rings is 1. The number of alkyl carbamates (subject to hydrolysis) is 1. The third-order valence-electron chi connectivity index (χ3n) is 2.82. The lowest BCUT2D eigenvalue weighted by molar-refractivity contribution is -0.143. The van der Waals surface area contributed by atoms with Gasteiger partial charge in [0.1, 0.15) is 11.6 Å². The average molecular weight is 322 g/mol. The molecule has 0 fully saturated rings. The predicted molar refractivity (Wildman–Crippen MR) is 83.0 cm³/mol. The summed E-state index contributed by atoms with van der Waals surface area (Å²) in [5.41, 5.74) is -0.232. The Hall–Kier alpha value is -2.44. The molecule has 7 heteroatoms. The molecule has 23 heavy (non-hydrogen) atoms. The van der Waals surface area contributed by atoms with Crippen LogP contribution in [-0.4, -0.2) is 41.6 Å². The minimum Gasteiger partial charge on any atom is -0.467 e. The molecular weight excluding hydrogens is 300 g/mol. The van der Waals surface area contributed by atoms with Crippen LogP contribution in [0.3, 0.4) is 0 Å². The first-order chi connectivity index (χ1) is 10.7. The van der Waals surface area contributed by atoms with Gasteiger partial charge in [0.2, 0.25) is 0 Å². The standard InChI is InChI=1S/C16H22N2O5/c1-16(2,3)23-15(21)18-12(14(20)22-4)7-8-13(19)11-6-5-9-17-10-11/h5-6,9-10,12H,7-8H2,1-4H3,(H,18,21)/t12-/m1/s1. The van der Waals surface area contributed by atoms with Crippen LogP contribution in [0.1, 0.15) is 44.0 Å². The molecule has 0 aliphatic carbocycles. The van der Waals surface area contributed by atoms with E-state index in [9.17, 15) is 14.4 Å². The number of carbonyl (C=O) groups is 3. The van der Waals surface area contributed by atoms with Gasteiger partial charge in [-0.3, -0.25) is 9.78 Å². The summed E-state index contributed by atoms with van der Waals surface area (Å²) in [7, 11) is 1.22. The molecule has 0 bridgehead atoms. The first-order valence-electron chi connectivity index (χ1n) is 7.23. The first kappa shape index (κ1) is 18.6. The number of rotatable bonds is 6. The lowest BCUT2D eigenvalue weighted by atomic mass is 10.0. The summed E-state index contributed by atoms with van der Waals surface area (Å²) in [6.45, 7) is 5.14. The van der Waals surface area contributed by atoms with Gasteiger partial charge in [0.15, 0.2) is 5.78 Å². The molecule has 126 valence electrons. The van der Waals surface area contributed by atoms with E-state index in [1.807, 2.05) is 0 Å². The molecule has 0 saturated carbocycles. The van der Waals surface area contributed by atoms with Crippen molar-refractivity contribution < 1.29 is 23.9 Å². The molecule has 0 saturated heterocycles. The average Bonchev–Trinajstić information content (AvgIpc) is 2.49. The maximum atomic E-state index is 12.0. The summed E-state index contributed by atoms with van der Waals surface area (Å²) in [6, 6.07) is 2.35. The van der Waals surface area contributed by atoms with Crippen molar-refractivity contribution >= 4 is 17.8 Å². The van der Waals surface area contributed by atoms with Crippen molar-refractivity contribution in [1.29, 1.82) is 0 Å². The van der Waals surface area contributed by atoms with E-state index in [0.717, 1.165) is 0 Å².